The highest BCUT2D eigenvalue weighted by molar-refractivity contribution is 5.79. The van der Waals surface area contributed by atoms with E-state index in [4.69, 9.17) is 5.73 Å². The van der Waals surface area contributed by atoms with Gasteiger partial charge in [-0.2, -0.15) is 0 Å². The molecule has 2 unspecified atom stereocenters. The Hall–Kier alpha value is -1.39. The SMILES string of the molecule is NCC1CC(=O)N(C(CO)c2ccccc2)C1. The predicted octanol–water partition coefficient (Wildman–Crippen LogP) is 0.527. The van der Waals surface area contributed by atoms with E-state index < -0.39 is 0 Å². The summed E-state index contributed by atoms with van der Waals surface area (Å²) >= 11 is 0. The molecule has 17 heavy (non-hydrogen) atoms. The Morgan fingerprint density at radius 2 is 2.12 bits per heavy atom. The van der Waals surface area contributed by atoms with Crippen LogP contribution in [-0.2, 0) is 4.79 Å². The molecule has 0 spiro atoms. The molecule has 0 saturated carbocycles. The van der Waals surface area contributed by atoms with Crippen LogP contribution in [-0.4, -0.2) is 35.6 Å². The quantitative estimate of drug-likeness (QED) is 0.798. The van der Waals surface area contributed by atoms with Gasteiger partial charge in [-0.1, -0.05) is 30.3 Å². The minimum absolute atomic E-state index is 0.0486. The van der Waals surface area contributed by atoms with Crippen molar-refractivity contribution in [3.8, 4) is 0 Å². The Morgan fingerprint density at radius 1 is 1.41 bits per heavy atom. The molecule has 3 N–H and O–H groups in total. The zero-order chi connectivity index (χ0) is 12.3. The van der Waals surface area contributed by atoms with Crippen LogP contribution in [0.25, 0.3) is 0 Å². The summed E-state index contributed by atoms with van der Waals surface area (Å²) in [7, 11) is 0. The van der Waals surface area contributed by atoms with Crippen molar-refractivity contribution >= 4 is 5.91 Å². The molecule has 1 aromatic carbocycles. The summed E-state index contributed by atoms with van der Waals surface area (Å²) in [5.74, 6) is 0.309. The number of rotatable bonds is 4. The van der Waals surface area contributed by atoms with Gasteiger partial charge in [0.25, 0.3) is 0 Å². The molecule has 1 saturated heterocycles. The number of amides is 1. The van der Waals surface area contributed by atoms with Crippen LogP contribution in [0.1, 0.15) is 18.0 Å². The maximum atomic E-state index is 11.9. The molecule has 1 aliphatic rings. The van der Waals surface area contributed by atoms with E-state index in [-0.39, 0.29) is 24.5 Å². The Labute approximate surface area is 101 Å². The van der Waals surface area contributed by atoms with Crippen molar-refractivity contribution in [1.29, 1.82) is 0 Å². The summed E-state index contributed by atoms with van der Waals surface area (Å²) in [5.41, 5.74) is 6.57. The Morgan fingerprint density at radius 3 is 2.65 bits per heavy atom. The summed E-state index contributed by atoms with van der Waals surface area (Å²) in [4.78, 5) is 13.6. The monoisotopic (exact) mass is 234 g/mol. The lowest BCUT2D eigenvalue weighted by Gasteiger charge is -2.27. The second kappa shape index (κ2) is 5.29. The normalized spacial score (nSPS) is 21.9. The van der Waals surface area contributed by atoms with Crippen LogP contribution in [0.2, 0.25) is 0 Å². The first-order chi connectivity index (χ1) is 8.26. The molecule has 4 heteroatoms. The summed E-state index contributed by atoms with van der Waals surface area (Å²) in [6.45, 7) is 1.12. The number of carbonyl (C=O) groups excluding carboxylic acids is 1. The molecule has 1 aromatic rings. The summed E-state index contributed by atoms with van der Waals surface area (Å²) in [6, 6.07) is 9.39. The minimum atomic E-state index is -0.236. The standard InChI is InChI=1S/C13H18N2O2/c14-7-10-6-13(17)15(8-10)12(9-16)11-4-2-1-3-5-11/h1-5,10,12,16H,6-9,14H2. The molecule has 2 atom stereocenters. The van der Waals surface area contributed by atoms with Gasteiger partial charge < -0.3 is 15.7 Å². The number of hydrogen-bond acceptors (Lipinski definition) is 3. The number of hydrogen-bond donors (Lipinski definition) is 2. The zero-order valence-electron chi connectivity index (χ0n) is 9.75. The van der Waals surface area contributed by atoms with E-state index in [0.29, 0.717) is 19.5 Å². The fourth-order valence-corrected chi connectivity index (χ4v) is 2.33. The average molecular weight is 234 g/mol. The molecule has 1 aliphatic heterocycles. The number of carbonyl (C=O) groups is 1. The number of nitrogens with zero attached hydrogens (tertiary/aromatic N) is 1. The van der Waals surface area contributed by atoms with Gasteiger partial charge in [-0.15, -0.1) is 0 Å². The van der Waals surface area contributed by atoms with E-state index in [2.05, 4.69) is 0 Å². The molecule has 4 nitrogen and oxygen atoms in total. The molecule has 1 fully saturated rings. The molecule has 1 amide bonds. The number of aliphatic hydroxyl groups is 1. The number of aliphatic hydroxyl groups excluding tert-OH is 1. The van der Waals surface area contributed by atoms with E-state index in [0.717, 1.165) is 5.56 Å². The third-order valence-corrected chi connectivity index (χ3v) is 3.31. The van der Waals surface area contributed by atoms with Gasteiger partial charge in [0.1, 0.15) is 0 Å². The van der Waals surface area contributed by atoms with Crippen LogP contribution in [0.3, 0.4) is 0 Å². The third kappa shape index (κ3) is 2.48. The summed E-state index contributed by atoms with van der Waals surface area (Å²) < 4.78 is 0. The van der Waals surface area contributed by atoms with Crippen molar-refractivity contribution in [3.05, 3.63) is 35.9 Å². The van der Waals surface area contributed by atoms with Crippen molar-refractivity contribution < 1.29 is 9.90 Å². The van der Waals surface area contributed by atoms with Gasteiger partial charge in [0, 0.05) is 13.0 Å². The fourth-order valence-electron chi connectivity index (χ4n) is 2.33. The number of benzene rings is 1. The second-order valence-electron chi connectivity index (χ2n) is 4.46. The maximum absolute atomic E-state index is 11.9. The molecule has 0 bridgehead atoms. The van der Waals surface area contributed by atoms with Crippen LogP contribution in [0.4, 0.5) is 0 Å². The Bertz CT molecular complexity index is 380. The van der Waals surface area contributed by atoms with Crippen molar-refractivity contribution in [3.63, 3.8) is 0 Å². The topological polar surface area (TPSA) is 66.6 Å². The molecular weight excluding hydrogens is 216 g/mol. The highest BCUT2D eigenvalue weighted by Crippen LogP contribution is 2.27. The molecule has 2 rings (SSSR count). The first-order valence-electron chi connectivity index (χ1n) is 5.91. The van der Waals surface area contributed by atoms with E-state index in [1.807, 2.05) is 30.3 Å². The van der Waals surface area contributed by atoms with E-state index >= 15 is 0 Å². The van der Waals surface area contributed by atoms with Gasteiger partial charge in [0.2, 0.25) is 5.91 Å². The predicted molar refractivity (Wildman–Crippen MR) is 65.1 cm³/mol. The van der Waals surface area contributed by atoms with Gasteiger partial charge in [-0.3, -0.25) is 4.79 Å². The largest absolute Gasteiger partial charge is 0.394 e. The highest BCUT2D eigenvalue weighted by Gasteiger charge is 2.33. The molecular formula is C13H18N2O2. The van der Waals surface area contributed by atoms with Crippen molar-refractivity contribution in [2.75, 3.05) is 19.7 Å². The van der Waals surface area contributed by atoms with Gasteiger partial charge >= 0.3 is 0 Å². The molecule has 0 radical (unpaired) electrons. The first kappa shape index (κ1) is 12.1. The van der Waals surface area contributed by atoms with E-state index in [9.17, 15) is 9.90 Å². The van der Waals surface area contributed by atoms with Crippen LogP contribution in [0, 0.1) is 5.92 Å². The van der Waals surface area contributed by atoms with Crippen LogP contribution in [0.5, 0.6) is 0 Å². The zero-order valence-corrected chi connectivity index (χ0v) is 9.75. The lowest BCUT2D eigenvalue weighted by molar-refractivity contribution is -0.130. The molecule has 0 aliphatic carbocycles. The highest BCUT2D eigenvalue weighted by atomic mass is 16.3. The number of likely N-dealkylation sites (tertiary alicyclic amines) is 1. The Kier molecular flexibility index (Phi) is 3.76. The maximum Gasteiger partial charge on any atom is 0.223 e. The summed E-state index contributed by atoms with van der Waals surface area (Å²) in [6.07, 6.45) is 0.500. The smallest absolute Gasteiger partial charge is 0.223 e. The Balaban J connectivity index is 2.17. The van der Waals surface area contributed by atoms with Gasteiger partial charge in [0.05, 0.1) is 12.6 Å². The van der Waals surface area contributed by atoms with Crippen LogP contribution >= 0.6 is 0 Å². The molecule has 1 heterocycles. The lowest BCUT2D eigenvalue weighted by Crippen LogP contribution is -2.33. The number of nitrogens with two attached hydrogens (primary N) is 1. The van der Waals surface area contributed by atoms with Gasteiger partial charge in [0.15, 0.2) is 0 Å². The van der Waals surface area contributed by atoms with Gasteiger partial charge in [-0.25, -0.2) is 0 Å². The second-order valence-corrected chi connectivity index (χ2v) is 4.46. The third-order valence-electron chi connectivity index (χ3n) is 3.31. The molecule has 0 aromatic heterocycles. The average Bonchev–Trinajstić information content (AvgIpc) is 2.73. The van der Waals surface area contributed by atoms with E-state index in [1.54, 1.807) is 4.90 Å². The van der Waals surface area contributed by atoms with Crippen molar-refractivity contribution in [1.82, 2.24) is 4.90 Å². The fraction of sp³-hybridized carbons (Fsp3) is 0.462. The van der Waals surface area contributed by atoms with Crippen LogP contribution < -0.4 is 5.73 Å². The van der Waals surface area contributed by atoms with Crippen molar-refractivity contribution in [2.24, 2.45) is 11.7 Å². The van der Waals surface area contributed by atoms with Crippen molar-refractivity contribution in [2.45, 2.75) is 12.5 Å². The minimum Gasteiger partial charge on any atom is -0.394 e. The van der Waals surface area contributed by atoms with Gasteiger partial charge in [-0.05, 0) is 18.0 Å². The van der Waals surface area contributed by atoms with Crippen LogP contribution in [0.15, 0.2) is 30.3 Å². The summed E-state index contributed by atoms with van der Waals surface area (Å²) in [5, 5.41) is 9.49. The molecule has 92 valence electrons. The lowest BCUT2D eigenvalue weighted by atomic mass is 10.1. The van der Waals surface area contributed by atoms with E-state index in [1.165, 1.54) is 0 Å². The first-order valence-corrected chi connectivity index (χ1v) is 5.91.